The predicted molar refractivity (Wildman–Crippen MR) is 134 cm³/mol. The van der Waals surface area contributed by atoms with Gasteiger partial charge in [-0.05, 0) is 47.2 Å². The second-order valence-corrected chi connectivity index (χ2v) is 8.85. The van der Waals surface area contributed by atoms with Gasteiger partial charge in [0, 0.05) is 17.1 Å². The Kier molecular flexibility index (Phi) is 7.33. The molecule has 33 heavy (non-hydrogen) atoms. The highest BCUT2D eigenvalue weighted by Crippen LogP contribution is 2.31. The lowest BCUT2D eigenvalue weighted by Gasteiger charge is -2.32. The fourth-order valence-corrected chi connectivity index (χ4v) is 4.54. The van der Waals surface area contributed by atoms with Crippen molar-refractivity contribution in [3.05, 3.63) is 124 Å². The molecule has 166 valence electrons. The standard InChI is InChI=1S/C28H26N2O2S/c1-21-11-8-9-17-25(21)27(28(32)29-20-22-12-4-2-5-13-22)30(23-14-6-3-7-15-23)26(31)19-24-16-10-18-33-24/h2-18,27H,19-20H2,1H3,(H,29,32). The summed E-state index contributed by atoms with van der Waals surface area (Å²) in [6, 6.07) is 30.1. The van der Waals surface area contributed by atoms with Gasteiger partial charge in [0.2, 0.25) is 11.8 Å². The number of amides is 2. The molecule has 0 saturated carbocycles. The normalized spacial score (nSPS) is 11.5. The Morgan fingerprint density at radius 2 is 1.52 bits per heavy atom. The number of rotatable bonds is 8. The van der Waals surface area contributed by atoms with Gasteiger partial charge in [0.05, 0.1) is 6.42 Å². The van der Waals surface area contributed by atoms with E-state index < -0.39 is 6.04 Å². The van der Waals surface area contributed by atoms with Gasteiger partial charge in [-0.1, -0.05) is 78.9 Å². The van der Waals surface area contributed by atoms with E-state index in [0.717, 1.165) is 21.6 Å². The Bertz CT molecular complexity index is 1190. The van der Waals surface area contributed by atoms with E-state index in [2.05, 4.69) is 5.32 Å². The van der Waals surface area contributed by atoms with Crippen molar-refractivity contribution in [3.63, 3.8) is 0 Å². The highest BCUT2D eigenvalue weighted by Gasteiger charge is 2.33. The maximum atomic E-state index is 13.7. The Labute approximate surface area is 198 Å². The summed E-state index contributed by atoms with van der Waals surface area (Å²) >= 11 is 1.54. The first kappa shape index (κ1) is 22.5. The van der Waals surface area contributed by atoms with Crippen LogP contribution in [0.15, 0.2) is 102 Å². The average Bonchev–Trinajstić information content (AvgIpc) is 3.36. The largest absolute Gasteiger partial charge is 0.350 e. The van der Waals surface area contributed by atoms with Gasteiger partial charge >= 0.3 is 0 Å². The molecule has 4 nitrogen and oxygen atoms in total. The number of hydrogen-bond donors (Lipinski definition) is 1. The van der Waals surface area contributed by atoms with Gasteiger partial charge in [0.25, 0.3) is 0 Å². The zero-order valence-electron chi connectivity index (χ0n) is 18.5. The molecule has 1 atom stereocenters. The number of hydrogen-bond acceptors (Lipinski definition) is 3. The van der Waals surface area contributed by atoms with Gasteiger partial charge in [-0.25, -0.2) is 0 Å². The molecule has 0 aliphatic heterocycles. The van der Waals surface area contributed by atoms with Crippen molar-refractivity contribution in [2.45, 2.75) is 25.9 Å². The second-order valence-electron chi connectivity index (χ2n) is 7.82. The van der Waals surface area contributed by atoms with Gasteiger partial charge in [0.15, 0.2) is 0 Å². The number of benzene rings is 3. The molecule has 1 N–H and O–H groups in total. The summed E-state index contributed by atoms with van der Waals surface area (Å²) in [6.45, 7) is 2.36. The number of anilines is 1. The Hall–Kier alpha value is -3.70. The molecule has 5 heteroatoms. The van der Waals surface area contributed by atoms with E-state index in [-0.39, 0.29) is 18.2 Å². The van der Waals surface area contributed by atoms with Crippen molar-refractivity contribution in [1.82, 2.24) is 5.32 Å². The van der Waals surface area contributed by atoms with E-state index >= 15 is 0 Å². The minimum atomic E-state index is -0.787. The molecule has 0 bridgehead atoms. The Balaban J connectivity index is 1.73. The van der Waals surface area contributed by atoms with E-state index in [1.54, 1.807) is 16.2 Å². The molecule has 3 aromatic carbocycles. The molecule has 4 aromatic rings. The summed E-state index contributed by atoms with van der Waals surface area (Å²) in [4.78, 5) is 30.0. The SMILES string of the molecule is Cc1ccccc1C(C(=O)NCc1ccccc1)N(C(=O)Cc1cccs1)c1ccccc1. The second kappa shape index (κ2) is 10.7. The van der Waals surface area contributed by atoms with E-state index in [0.29, 0.717) is 12.2 Å². The fourth-order valence-electron chi connectivity index (χ4n) is 3.85. The first-order valence-corrected chi connectivity index (χ1v) is 11.8. The number of nitrogens with zero attached hydrogens (tertiary/aromatic N) is 1. The van der Waals surface area contributed by atoms with Crippen LogP contribution in [0.25, 0.3) is 0 Å². The molecule has 0 aliphatic rings. The third kappa shape index (κ3) is 5.57. The highest BCUT2D eigenvalue weighted by atomic mass is 32.1. The zero-order valence-corrected chi connectivity index (χ0v) is 19.3. The molecule has 0 fully saturated rings. The molecule has 2 amide bonds. The van der Waals surface area contributed by atoms with Crippen molar-refractivity contribution in [1.29, 1.82) is 0 Å². The molecule has 1 unspecified atom stereocenters. The molecule has 0 spiro atoms. The smallest absolute Gasteiger partial charge is 0.248 e. The van der Waals surface area contributed by atoms with Crippen LogP contribution in [0.1, 0.15) is 27.6 Å². The van der Waals surface area contributed by atoms with Crippen molar-refractivity contribution in [2.24, 2.45) is 0 Å². The summed E-state index contributed by atoms with van der Waals surface area (Å²) < 4.78 is 0. The molecule has 1 aromatic heterocycles. The van der Waals surface area contributed by atoms with Crippen LogP contribution in [-0.2, 0) is 22.6 Å². The summed E-state index contributed by atoms with van der Waals surface area (Å²) in [5, 5.41) is 5.02. The lowest BCUT2D eigenvalue weighted by atomic mass is 9.97. The number of aryl methyl sites for hydroxylation is 1. The Morgan fingerprint density at radius 1 is 0.848 bits per heavy atom. The van der Waals surface area contributed by atoms with Gasteiger partial charge in [-0.15, -0.1) is 11.3 Å². The summed E-state index contributed by atoms with van der Waals surface area (Å²) in [6.07, 6.45) is 0.237. The van der Waals surface area contributed by atoms with Crippen LogP contribution in [0, 0.1) is 6.92 Å². The average molecular weight is 455 g/mol. The molecular weight excluding hydrogens is 428 g/mol. The van der Waals surface area contributed by atoms with Crippen LogP contribution in [-0.4, -0.2) is 11.8 Å². The van der Waals surface area contributed by atoms with Crippen LogP contribution >= 0.6 is 11.3 Å². The van der Waals surface area contributed by atoms with E-state index in [9.17, 15) is 9.59 Å². The molecule has 4 rings (SSSR count). The van der Waals surface area contributed by atoms with Gasteiger partial charge in [-0.2, -0.15) is 0 Å². The number of carbonyl (C=O) groups is 2. The quantitative estimate of drug-likeness (QED) is 0.372. The van der Waals surface area contributed by atoms with Gasteiger partial charge in [-0.3, -0.25) is 14.5 Å². The van der Waals surface area contributed by atoms with Crippen LogP contribution < -0.4 is 10.2 Å². The van der Waals surface area contributed by atoms with Crippen molar-refractivity contribution in [3.8, 4) is 0 Å². The maximum Gasteiger partial charge on any atom is 0.248 e. The monoisotopic (exact) mass is 454 g/mol. The summed E-state index contributed by atoms with van der Waals surface area (Å²) in [5.74, 6) is -0.330. The minimum Gasteiger partial charge on any atom is -0.350 e. The van der Waals surface area contributed by atoms with Crippen molar-refractivity contribution in [2.75, 3.05) is 4.90 Å². The van der Waals surface area contributed by atoms with Crippen LogP contribution in [0.4, 0.5) is 5.69 Å². The van der Waals surface area contributed by atoms with Crippen molar-refractivity contribution >= 4 is 28.8 Å². The lowest BCUT2D eigenvalue weighted by molar-refractivity contribution is -0.126. The number of thiophene rings is 1. The number of nitrogens with one attached hydrogen (secondary N) is 1. The third-order valence-electron chi connectivity index (χ3n) is 5.51. The molecule has 0 saturated heterocycles. The zero-order chi connectivity index (χ0) is 23.0. The molecule has 0 aliphatic carbocycles. The summed E-state index contributed by atoms with van der Waals surface area (Å²) in [7, 11) is 0. The van der Waals surface area contributed by atoms with Crippen LogP contribution in [0.5, 0.6) is 0 Å². The number of para-hydroxylation sites is 1. The fraction of sp³-hybridized carbons (Fsp3) is 0.143. The summed E-state index contributed by atoms with van der Waals surface area (Å²) in [5.41, 5.74) is 3.47. The van der Waals surface area contributed by atoms with Gasteiger partial charge in [0.1, 0.15) is 6.04 Å². The first-order valence-electron chi connectivity index (χ1n) is 10.9. The number of carbonyl (C=O) groups excluding carboxylic acids is 2. The highest BCUT2D eigenvalue weighted by molar-refractivity contribution is 7.10. The molecule has 0 radical (unpaired) electrons. The predicted octanol–water partition coefficient (Wildman–Crippen LogP) is 5.69. The van der Waals surface area contributed by atoms with E-state index in [4.69, 9.17) is 0 Å². The Morgan fingerprint density at radius 3 is 2.18 bits per heavy atom. The van der Waals surface area contributed by atoms with Crippen molar-refractivity contribution < 1.29 is 9.59 Å². The lowest BCUT2D eigenvalue weighted by Crippen LogP contribution is -2.44. The molecule has 1 heterocycles. The first-order chi connectivity index (χ1) is 16.1. The van der Waals surface area contributed by atoms with Crippen LogP contribution in [0.3, 0.4) is 0 Å². The van der Waals surface area contributed by atoms with E-state index in [1.165, 1.54) is 0 Å². The van der Waals surface area contributed by atoms with E-state index in [1.807, 2.05) is 109 Å². The van der Waals surface area contributed by atoms with Crippen LogP contribution in [0.2, 0.25) is 0 Å². The third-order valence-corrected chi connectivity index (χ3v) is 6.38. The maximum absolute atomic E-state index is 13.7. The molecular formula is C28H26N2O2S. The minimum absolute atomic E-state index is 0.119. The topological polar surface area (TPSA) is 49.4 Å². The van der Waals surface area contributed by atoms with Gasteiger partial charge < -0.3 is 5.32 Å².